The topological polar surface area (TPSA) is 38.3 Å². The third kappa shape index (κ3) is 3.82. The van der Waals surface area contributed by atoms with Crippen LogP contribution in [0.1, 0.15) is 29.5 Å². The fourth-order valence-electron chi connectivity index (χ4n) is 2.93. The lowest BCUT2D eigenvalue weighted by Gasteiger charge is -2.14. The van der Waals surface area contributed by atoms with Crippen molar-refractivity contribution >= 4 is 16.7 Å². The van der Waals surface area contributed by atoms with Crippen LogP contribution in [0, 0.1) is 6.92 Å². The number of carbonyl (C=O) groups excluding carboxylic acids is 1. The number of fused-ring (bicyclic) bond motifs is 1. The summed E-state index contributed by atoms with van der Waals surface area (Å²) < 4.78 is 5.26. The van der Waals surface area contributed by atoms with E-state index >= 15 is 0 Å². The van der Waals surface area contributed by atoms with Crippen LogP contribution < -0.4 is 10.1 Å². The average molecular weight is 333 g/mol. The Morgan fingerprint density at radius 2 is 1.76 bits per heavy atom. The molecule has 0 radical (unpaired) electrons. The van der Waals surface area contributed by atoms with Gasteiger partial charge in [0.05, 0.1) is 13.0 Å². The van der Waals surface area contributed by atoms with E-state index in [1.54, 1.807) is 7.11 Å². The van der Waals surface area contributed by atoms with Gasteiger partial charge in [-0.25, -0.2) is 0 Å². The van der Waals surface area contributed by atoms with Gasteiger partial charge in [-0.3, -0.25) is 4.79 Å². The number of carbonyl (C=O) groups is 1. The largest absolute Gasteiger partial charge is 0.497 e. The van der Waals surface area contributed by atoms with Gasteiger partial charge in [-0.05, 0) is 53.4 Å². The predicted octanol–water partition coefficient (Wildman–Crippen LogP) is 4.58. The van der Waals surface area contributed by atoms with Gasteiger partial charge in [-0.1, -0.05) is 48.5 Å². The van der Waals surface area contributed by atoms with Crippen molar-refractivity contribution in [1.82, 2.24) is 5.32 Å². The molecule has 0 aliphatic carbocycles. The molecule has 3 rings (SSSR count). The Morgan fingerprint density at radius 3 is 2.52 bits per heavy atom. The number of ether oxygens (including phenoxy) is 1. The minimum atomic E-state index is -0.199. The quantitative estimate of drug-likeness (QED) is 0.742. The maximum atomic E-state index is 12.5. The molecule has 3 aromatic carbocycles. The van der Waals surface area contributed by atoms with Gasteiger partial charge < -0.3 is 10.1 Å². The first kappa shape index (κ1) is 17.0. The number of aryl methyl sites for hydroxylation is 1. The summed E-state index contributed by atoms with van der Waals surface area (Å²) in [7, 11) is 1.66. The second kappa shape index (κ2) is 7.39. The summed E-state index contributed by atoms with van der Waals surface area (Å²) in [6.45, 7) is 4.56. The molecule has 0 aliphatic rings. The van der Waals surface area contributed by atoms with E-state index in [-0.39, 0.29) is 11.8 Å². The number of methoxy groups -OCH3 is 1. The first-order valence-corrected chi connectivity index (χ1v) is 8.48. The standard InChI is InChI=1S/C22H23NO2/c1-15-6-4-5-7-20(15)14-23-22(24)16(2)17-8-9-19-13-21(25-3)11-10-18(19)12-17/h4-13,16H,14H2,1-3H3,(H,23,24). The maximum absolute atomic E-state index is 12.5. The summed E-state index contributed by atoms with van der Waals surface area (Å²) in [6.07, 6.45) is 0. The Morgan fingerprint density at radius 1 is 1.04 bits per heavy atom. The zero-order valence-corrected chi connectivity index (χ0v) is 14.9. The minimum Gasteiger partial charge on any atom is -0.497 e. The minimum absolute atomic E-state index is 0.0381. The second-order valence-corrected chi connectivity index (χ2v) is 6.34. The SMILES string of the molecule is COc1ccc2cc(C(C)C(=O)NCc3ccccc3C)ccc2c1. The molecule has 0 aliphatic heterocycles. The summed E-state index contributed by atoms with van der Waals surface area (Å²) in [5.74, 6) is 0.677. The van der Waals surface area contributed by atoms with E-state index in [0.29, 0.717) is 6.54 Å². The Balaban J connectivity index is 1.73. The van der Waals surface area contributed by atoms with Gasteiger partial charge in [0.2, 0.25) is 5.91 Å². The number of hydrogen-bond acceptors (Lipinski definition) is 2. The lowest BCUT2D eigenvalue weighted by molar-refractivity contribution is -0.122. The van der Waals surface area contributed by atoms with Crippen LogP contribution in [-0.4, -0.2) is 13.0 Å². The van der Waals surface area contributed by atoms with Crippen LogP contribution in [0.4, 0.5) is 0 Å². The van der Waals surface area contributed by atoms with Gasteiger partial charge in [0, 0.05) is 6.54 Å². The summed E-state index contributed by atoms with van der Waals surface area (Å²) >= 11 is 0. The predicted molar refractivity (Wildman–Crippen MR) is 102 cm³/mol. The van der Waals surface area contributed by atoms with Gasteiger partial charge >= 0.3 is 0 Å². The van der Waals surface area contributed by atoms with Crippen molar-refractivity contribution in [3.63, 3.8) is 0 Å². The van der Waals surface area contributed by atoms with E-state index in [1.165, 1.54) is 5.56 Å². The molecule has 0 saturated heterocycles. The molecule has 3 nitrogen and oxygen atoms in total. The van der Waals surface area contributed by atoms with E-state index in [2.05, 4.69) is 24.4 Å². The highest BCUT2D eigenvalue weighted by Crippen LogP contribution is 2.25. The van der Waals surface area contributed by atoms with Crippen LogP contribution in [0.5, 0.6) is 5.75 Å². The van der Waals surface area contributed by atoms with E-state index in [0.717, 1.165) is 27.6 Å². The average Bonchev–Trinajstić information content (AvgIpc) is 2.65. The molecule has 0 bridgehead atoms. The highest BCUT2D eigenvalue weighted by molar-refractivity contribution is 5.88. The van der Waals surface area contributed by atoms with Gasteiger partial charge in [0.15, 0.2) is 0 Å². The van der Waals surface area contributed by atoms with Gasteiger partial charge in [-0.15, -0.1) is 0 Å². The fraction of sp³-hybridized carbons (Fsp3) is 0.227. The summed E-state index contributed by atoms with van der Waals surface area (Å²) in [5.41, 5.74) is 3.35. The van der Waals surface area contributed by atoms with Gasteiger partial charge in [0.1, 0.15) is 5.75 Å². The molecule has 25 heavy (non-hydrogen) atoms. The normalized spacial score (nSPS) is 12.0. The number of rotatable bonds is 5. The highest BCUT2D eigenvalue weighted by Gasteiger charge is 2.15. The van der Waals surface area contributed by atoms with Crippen molar-refractivity contribution in [2.24, 2.45) is 0 Å². The van der Waals surface area contributed by atoms with Gasteiger partial charge in [-0.2, -0.15) is 0 Å². The Bertz CT molecular complexity index is 901. The van der Waals surface area contributed by atoms with Crippen LogP contribution in [-0.2, 0) is 11.3 Å². The molecule has 0 aromatic heterocycles. The van der Waals surface area contributed by atoms with Crippen LogP contribution in [0.25, 0.3) is 10.8 Å². The number of benzene rings is 3. The van der Waals surface area contributed by atoms with E-state index in [4.69, 9.17) is 4.74 Å². The lowest BCUT2D eigenvalue weighted by atomic mass is 9.97. The molecule has 1 atom stereocenters. The fourth-order valence-corrected chi connectivity index (χ4v) is 2.93. The molecule has 0 spiro atoms. The third-order valence-electron chi connectivity index (χ3n) is 4.68. The molecule has 1 unspecified atom stereocenters. The van der Waals surface area contributed by atoms with Crippen molar-refractivity contribution in [1.29, 1.82) is 0 Å². The first-order chi connectivity index (χ1) is 12.1. The molecular formula is C22H23NO2. The van der Waals surface area contributed by atoms with Crippen molar-refractivity contribution in [2.45, 2.75) is 26.3 Å². The molecule has 128 valence electrons. The number of hydrogen-bond donors (Lipinski definition) is 1. The van der Waals surface area contributed by atoms with Crippen LogP contribution in [0.15, 0.2) is 60.7 Å². The Kier molecular flexibility index (Phi) is 5.03. The molecule has 0 saturated carbocycles. The second-order valence-electron chi connectivity index (χ2n) is 6.34. The molecule has 3 heteroatoms. The van der Waals surface area contributed by atoms with Crippen LogP contribution >= 0.6 is 0 Å². The lowest BCUT2D eigenvalue weighted by Crippen LogP contribution is -2.27. The summed E-state index contributed by atoms with van der Waals surface area (Å²) in [4.78, 5) is 12.5. The van der Waals surface area contributed by atoms with Crippen molar-refractivity contribution in [3.8, 4) is 5.75 Å². The summed E-state index contributed by atoms with van der Waals surface area (Å²) in [6, 6.07) is 20.2. The van der Waals surface area contributed by atoms with Crippen LogP contribution in [0.2, 0.25) is 0 Å². The van der Waals surface area contributed by atoms with Gasteiger partial charge in [0.25, 0.3) is 0 Å². The third-order valence-corrected chi connectivity index (χ3v) is 4.68. The molecule has 0 heterocycles. The molecular weight excluding hydrogens is 310 g/mol. The summed E-state index contributed by atoms with van der Waals surface area (Å²) in [5, 5.41) is 5.26. The zero-order valence-electron chi connectivity index (χ0n) is 14.9. The number of nitrogens with one attached hydrogen (secondary N) is 1. The maximum Gasteiger partial charge on any atom is 0.227 e. The molecule has 1 N–H and O–H groups in total. The van der Waals surface area contributed by atoms with E-state index in [9.17, 15) is 4.79 Å². The monoisotopic (exact) mass is 333 g/mol. The van der Waals surface area contributed by atoms with Crippen molar-refractivity contribution in [2.75, 3.05) is 7.11 Å². The smallest absolute Gasteiger partial charge is 0.227 e. The van der Waals surface area contributed by atoms with Crippen molar-refractivity contribution < 1.29 is 9.53 Å². The molecule has 0 fully saturated rings. The number of amides is 1. The highest BCUT2D eigenvalue weighted by atomic mass is 16.5. The van der Waals surface area contributed by atoms with E-state index in [1.807, 2.05) is 55.5 Å². The Labute approximate surface area is 148 Å². The molecule has 1 amide bonds. The van der Waals surface area contributed by atoms with Crippen LogP contribution in [0.3, 0.4) is 0 Å². The van der Waals surface area contributed by atoms with E-state index < -0.39 is 0 Å². The van der Waals surface area contributed by atoms with Crippen molar-refractivity contribution in [3.05, 3.63) is 77.4 Å². The zero-order chi connectivity index (χ0) is 17.8. The molecule has 3 aromatic rings. The first-order valence-electron chi connectivity index (χ1n) is 8.48. The Hall–Kier alpha value is -2.81.